The van der Waals surface area contributed by atoms with Crippen LogP contribution in [0.15, 0.2) is 18.2 Å². The molecule has 0 aromatic heterocycles. The van der Waals surface area contributed by atoms with E-state index in [4.69, 9.17) is 10.5 Å². The molecular weight excluding hydrogens is 188 g/mol. The average Bonchev–Trinajstić information content (AvgIpc) is 2.20. The lowest BCUT2D eigenvalue weighted by Gasteiger charge is -2.15. The van der Waals surface area contributed by atoms with E-state index >= 15 is 0 Å². The second-order valence-corrected chi connectivity index (χ2v) is 3.72. The van der Waals surface area contributed by atoms with Gasteiger partial charge < -0.3 is 15.8 Å². The molecule has 0 fully saturated rings. The van der Waals surface area contributed by atoms with Gasteiger partial charge in [-0.25, -0.2) is 0 Å². The van der Waals surface area contributed by atoms with Crippen LogP contribution in [0.2, 0.25) is 0 Å². The highest BCUT2D eigenvalue weighted by Crippen LogP contribution is 2.17. The summed E-state index contributed by atoms with van der Waals surface area (Å²) in [5.41, 5.74) is 8.79. The predicted octanol–water partition coefficient (Wildman–Crippen LogP) is 2.41. The molecular formula is C12H20N2O. The summed E-state index contributed by atoms with van der Waals surface area (Å²) in [6, 6.07) is 5.88. The molecule has 0 heterocycles. The summed E-state index contributed by atoms with van der Waals surface area (Å²) in [6.07, 6.45) is 0.218. The van der Waals surface area contributed by atoms with Gasteiger partial charge in [-0.1, -0.05) is 6.07 Å². The maximum atomic E-state index is 5.72. The molecule has 0 amide bonds. The van der Waals surface area contributed by atoms with Gasteiger partial charge in [0.2, 0.25) is 0 Å². The number of nitrogens with one attached hydrogen (secondary N) is 1. The molecule has 0 spiro atoms. The van der Waals surface area contributed by atoms with Gasteiger partial charge in [-0.3, -0.25) is 0 Å². The van der Waals surface area contributed by atoms with Crippen LogP contribution < -0.4 is 11.1 Å². The van der Waals surface area contributed by atoms with Crippen molar-refractivity contribution in [1.29, 1.82) is 0 Å². The molecule has 1 aromatic carbocycles. The third kappa shape index (κ3) is 3.80. The number of hydrogen-bond acceptors (Lipinski definition) is 3. The molecule has 15 heavy (non-hydrogen) atoms. The van der Waals surface area contributed by atoms with Crippen LogP contribution in [0.25, 0.3) is 0 Å². The highest BCUT2D eigenvalue weighted by atomic mass is 16.5. The highest BCUT2D eigenvalue weighted by Gasteiger charge is 2.02. The van der Waals surface area contributed by atoms with E-state index < -0.39 is 0 Å². The highest BCUT2D eigenvalue weighted by molar-refractivity contribution is 5.59. The number of nitrogens with two attached hydrogens (primary N) is 1. The zero-order valence-corrected chi connectivity index (χ0v) is 9.71. The van der Waals surface area contributed by atoms with E-state index in [1.807, 2.05) is 25.1 Å². The van der Waals surface area contributed by atoms with Crippen LogP contribution in [0, 0.1) is 6.92 Å². The zero-order chi connectivity index (χ0) is 11.3. The van der Waals surface area contributed by atoms with Crippen molar-refractivity contribution in [2.45, 2.75) is 26.9 Å². The third-order valence-electron chi connectivity index (χ3n) is 2.29. The van der Waals surface area contributed by atoms with E-state index in [1.54, 1.807) is 0 Å². The van der Waals surface area contributed by atoms with Gasteiger partial charge in [-0.05, 0) is 38.5 Å². The van der Waals surface area contributed by atoms with E-state index in [0.717, 1.165) is 24.5 Å². The largest absolute Gasteiger partial charge is 0.399 e. The van der Waals surface area contributed by atoms with Gasteiger partial charge in [0.25, 0.3) is 0 Å². The topological polar surface area (TPSA) is 47.3 Å². The monoisotopic (exact) mass is 208 g/mol. The van der Waals surface area contributed by atoms with Crippen LogP contribution >= 0.6 is 0 Å². The predicted molar refractivity (Wildman–Crippen MR) is 65.2 cm³/mol. The van der Waals surface area contributed by atoms with Gasteiger partial charge in [0.15, 0.2) is 0 Å². The summed E-state index contributed by atoms with van der Waals surface area (Å²) in [6.45, 7) is 7.67. The van der Waals surface area contributed by atoms with Gasteiger partial charge in [-0.15, -0.1) is 0 Å². The van der Waals surface area contributed by atoms with Crippen LogP contribution in [0.1, 0.15) is 19.4 Å². The van der Waals surface area contributed by atoms with Crippen LogP contribution in [-0.4, -0.2) is 19.3 Å². The van der Waals surface area contributed by atoms with Gasteiger partial charge in [0.1, 0.15) is 0 Å². The normalized spacial score (nSPS) is 12.5. The Morgan fingerprint density at radius 1 is 1.47 bits per heavy atom. The number of nitrogen functional groups attached to an aromatic ring is 1. The summed E-state index contributed by atoms with van der Waals surface area (Å²) in [4.78, 5) is 0. The lowest BCUT2D eigenvalue weighted by Crippen LogP contribution is -2.20. The Morgan fingerprint density at radius 3 is 2.87 bits per heavy atom. The Hall–Kier alpha value is -1.22. The minimum atomic E-state index is 0.218. The van der Waals surface area contributed by atoms with Crippen molar-refractivity contribution in [3.8, 4) is 0 Å². The minimum Gasteiger partial charge on any atom is -0.399 e. The van der Waals surface area contributed by atoms with E-state index in [9.17, 15) is 0 Å². The molecule has 1 atom stereocenters. The summed E-state index contributed by atoms with van der Waals surface area (Å²) in [5, 5.41) is 3.33. The summed E-state index contributed by atoms with van der Waals surface area (Å²) >= 11 is 0. The molecule has 1 aromatic rings. The fraction of sp³-hybridized carbons (Fsp3) is 0.500. The van der Waals surface area contributed by atoms with Gasteiger partial charge in [0, 0.05) is 24.5 Å². The molecule has 0 bridgehead atoms. The van der Waals surface area contributed by atoms with Crippen molar-refractivity contribution >= 4 is 11.4 Å². The van der Waals surface area contributed by atoms with E-state index in [0.29, 0.717) is 0 Å². The quantitative estimate of drug-likeness (QED) is 0.730. The molecule has 0 saturated carbocycles. The number of hydrogen-bond donors (Lipinski definition) is 2. The molecule has 3 nitrogen and oxygen atoms in total. The molecule has 0 saturated heterocycles. The smallest absolute Gasteiger partial charge is 0.0719 e. The summed E-state index contributed by atoms with van der Waals surface area (Å²) in [5.74, 6) is 0. The van der Waals surface area contributed by atoms with Crippen molar-refractivity contribution in [2.75, 3.05) is 24.2 Å². The van der Waals surface area contributed by atoms with Gasteiger partial charge >= 0.3 is 0 Å². The lowest BCUT2D eigenvalue weighted by molar-refractivity contribution is 0.0855. The number of anilines is 2. The van der Waals surface area contributed by atoms with Crippen molar-refractivity contribution in [1.82, 2.24) is 0 Å². The number of benzene rings is 1. The molecule has 84 valence electrons. The Bertz CT molecular complexity index is 312. The fourth-order valence-corrected chi connectivity index (χ4v) is 1.43. The van der Waals surface area contributed by atoms with Crippen molar-refractivity contribution in [2.24, 2.45) is 0 Å². The third-order valence-corrected chi connectivity index (χ3v) is 2.29. The lowest BCUT2D eigenvalue weighted by atomic mass is 10.2. The first-order valence-electron chi connectivity index (χ1n) is 5.35. The first kappa shape index (κ1) is 11.9. The molecule has 3 heteroatoms. The Kier molecular flexibility index (Phi) is 4.43. The summed E-state index contributed by atoms with van der Waals surface area (Å²) < 4.78 is 5.44. The zero-order valence-electron chi connectivity index (χ0n) is 9.71. The SMILES string of the molecule is CCOC(C)CNc1cc(N)ccc1C. The maximum absolute atomic E-state index is 5.72. The summed E-state index contributed by atoms with van der Waals surface area (Å²) in [7, 11) is 0. The van der Waals surface area contributed by atoms with E-state index in [-0.39, 0.29) is 6.10 Å². The van der Waals surface area contributed by atoms with Crippen molar-refractivity contribution in [3.05, 3.63) is 23.8 Å². The molecule has 0 aliphatic rings. The maximum Gasteiger partial charge on any atom is 0.0719 e. The van der Waals surface area contributed by atoms with Gasteiger partial charge in [-0.2, -0.15) is 0 Å². The molecule has 0 radical (unpaired) electrons. The first-order valence-corrected chi connectivity index (χ1v) is 5.35. The van der Waals surface area contributed by atoms with Crippen LogP contribution in [-0.2, 0) is 4.74 Å². The molecule has 1 unspecified atom stereocenters. The Balaban J connectivity index is 2.53. The van der Waals surface area contributed by atoms with Crippen LogP contribution in [0.5, 0.6) is 0 Å². The van der Waals surface area contributed by atoms with Crippen LogP contribution in [0.3, 0.4) is 0 Å². The standard InChI is InChI=1S/C12H20N2O/c1-4-15-10(3)8-14-12-7-11(13)6-5-9(12)2/h5-7,10,14H,4,8,13H2,1-3H3. The number of ether oxygens (including phenoxy) is 1. The second kappa shape index (κ2) is 5.61. The number of rotatable bonds is 5. The molecule has 0 aliphatic heterocycles. The first-order chi connectivity index (χ1) is 7.13. The van der Waals surface area contributed by atoms with Crippen LogP contribution in [0.4, 0.5) is 11.4 Å². The van der Waals surface area contributed by atoms with Crippen molar-refractivity contribution < 1.29 is 4.74 Å². The van der Waals surface area contributed by atoms with Gasteiger partial charge in [0.05, 0.1) is 6.10 Å². The second-order valence-electron chi connectivity index (χ2n) is 3.72. The Labute approximate surface area is 91.6 Å². The van der Waals surface area contributed by atoms with E-state index in [2.05, 4.69) is 19.2 Å². The fourth-order valence-electron chi connectivity index (χ4n) is 1.43. The number of aryl methyl sites for hydroxylation is 1. The Morgan fingerprint density at radius 2 is 2.20 bits per heavy atom. The van der Waals surface area contributed by atoms with Crippen molar-refractivity contribution in [3.63, 3.8) is 0 Å². The molecule has 1 rings (SSSR count). The molecule has 3 N–H and O–H groups in total. The molecule has 0 aliphatic carbocycles. The average molecular weight is 208 g/mol. The van der Waals surface area contributed by atoms with E-state index in [1.165, 1.54) is 5.56 Å². The minimum absolute atomic E-state index is 0.218.